The number of fused-ring (bicyclic) bond motifs is 2. The summed E-state index contributed by atoms with van der Waals surface area (Å²) in [6.45, 7) is 12.5. The zero-order chi connectivity index (χ0) is 22.1. The van der Waals surface area contributed by atoms with E-state index < -0.39 is 22.2 Å². The number of sulfonamides is 1. The first-order chi connectivity index (χ1) is 13.9. The molecule has 2 aliphatic rings. The Morgan fingerprint density at radius 3 is 2.07 bits per heavy atom. The molecule has 0 radical (unpaired) electrons. The molecule has 2 bridgehead atoms. The van der Waals surface area contributed by atoms with Gasteiger partial charge in [0.05, 0.1) is 22.7 Å². The molecular formula is C25H33NO3S. The van der Waals surface area contributed by atoms with Crippen molar-refractivity contribution in [3.8, 4) is 0 Å². The summed E-state index contributed by atoms with van der Waals surface area (Å²) in [5.74, 6) is 0.0936. The lowest BCUT2D eigenvalue weighted by Crippen LogP contribution is -2.52. The van der Waals surface area contributed by atoms with Crippen molar-refractivity contribution in [3.05, 3.63) is 59.2 Å². The van der Waals surface area contributed by atoms with E-state index in [1.807, 2.05) is 39.0 Å². The monoisotopic (exact) mass is 427 g/mol. The maximum atomic E-state index is 14.1. The molecule has 0 aromatic heterocycles. The second-order valence-electron chi connectivity index (χ2n) is 10.1. The zero-order valence-corrected chi connectivity index (χ0v) is 19.6. The lowest BCUT2D eigenvalue weighted by molar-refractivity contribution is 0.00652. The third kappa shape index (κ3) is 2.78. The van der Waals surface area contributed by atoms with Crippen LogP contribution in [0.5, 0.6) is 0 Å². The minimum Gasteiger partial charge on any atom is -0.390 e. The van der Waals surface area contributed by atoms with Gasteiger partial charge in [0.2, 0.25) is 0 Å². The Bertz CT molecular complexity index is 1050. The van der Waals surface area contributed by atoms with Crippen molar-refractivity contribution in [2.45, 2.75) is 71.4 Å². The fraction of sp³-hybridized carbons (Fsp3) is 0.520. The van der Waals surface area contributed by atoms with Crippen LogP contribution in [0.1, 0.15) is 50.3 Å². The van der Waals surface area contributed by atoms with Gasteiger partial charge in [-0.25, -0.2) is 8.42 Å². The average Bonchev–Trinajstić information content (AvgIpc) is 2.98. The summed E-state index contributed by atoms with van der Waals surface area (Å²) < 4.78 is 29.7. The summed E-state index contributed by atoms with van der Waals surface area (Å²) >= 11 is 0. The standard InChI is InChI=1S/C25H33NO3S/c1-16-14-17(2)21(18(3)15-16)26(30(28,29)19-10-8-7-9-11-19)22-20-12-13-25(6,23(22)27)24(20,4)5/h7-11,14-15,20,22-23,27H,12-13H2,1-6H3/t20-,22+,23+,25+/m1/s1. The van der Waals surface area contributed by atoms with Gasteiger partial charge in [-0.3, -0.25) is 4.31 Å². The van der Waals surface area contributed by atoms with E-state index in [-0.39, 0.29) is 21.6 Å². The average molecular weight is 428 g/mol. The number of nitrogens with zero attached hydrogens (tertiary/aromatic N) is 1. The molecule has 4 nitrogen and oxygen atoms in total. The molecular weight excluding hydrogens is 394 g/mol. The van der Waals surface area contributed by atoms with Gasteiger partial charge in [-0.2, -0.15) is 0 Å². The molecule has 2 aromatic rings. The van der Waals surface area contributed by atoms with Crippen LogP contribution in [0.3, 0.4) is 0 Å². The van der Waals surface area contributed by atoms with E-state index >= 15 is 0 Å². The van der Waals surface area contributed by atoms with Gasteiger partial charge < -0.3 is 5.11 Å². The van der Waals surface area contributed by atoms with Crippen molar-refractivity contribution in [3.63, 3.8) is 0 Å². The molecule has 4 rings (SSSR count). The molecule has 4 atom stereocenters. The minimum absolute atomic E-state index is 0.0936. The van der Waals surface area contributed by atoms with Crippen LogP contribution in [0, 0.1) is 37.5 Å². The summed E-state index contributed by atoms with van der Waals surface area (Å²) in [6, 6.07) is 12.2. The molecule has 0 amide bonds. The highest BCUT2D eigenvalue weighted by atomic mass is 32.2. The van der Waals surface area contributed by atoms with Gasteiger partial charge in [0.25, 0.3) is 10.0 Å². The lowest BCUT2D eigenvalue weighted by atomic mass is 9.70. The van der Waals surface area contributed by atoms with Crippen molar-refractivity contribution in [1.29, 1.82) is 0 Å². The molecule has 0 heterocycles. The first-order valence-corrected chi connectivity index (χ1v) is 12.2. The summed E-state index contributed by atoms with van der Waals surface area (Å²) in [6.07, 6.45) is 1.13. The molecule has 0 aliphatic heterocycles. The summed E-state index contributed by atoms with van der Waals surface area (Å²) in [5.41, 5.74) is 3.20. The molecule has 0 spiro atoms. The van der Waals surface area contributed by atoms with Gasteiger partial charge in [0.15, 0.2) is 0 Å². The maximum absolute atomic E-state index is 14.1. The maximum Gasteiger partial charge on any atom is 0.264 e. The van der Waals surface area contributed by atoms with Crippen LogP contribution in [0.4, 0.5) is 5.69 Å². The van der Waals surface area contributed by atoms with E-state index in [2.05, 4.69) is 20.8 Å². The van der Waals surface area contributed by atoms with E-state index in [9.17, 15) is 13.5 Å². The third-order valence-corrected chi connectivity index (χ3v) is 10.0. The van der Waals surface area contributed by atoms with Crippen molar-refractivity contribution < 1.29 is 13.5 Å². The lowest BCUT2D eigenvalue weighted by Gasteiger charge is -2.41. The largest absolute Gasteiger partial charge is 0.390 e. The van der Waals surface area contributed by atoms with Gasteiger partial charge in [-0.15, -0.1) is 0 Å². The van der Waals surface area contributed by atoms with Gasteiger partial charge in [-0.05, 0) is 68.2 Å². The summed E-state index contributed by atoms with van der Waals surface area (Å²) in [7, 11) is -3.85. The highest BCUT2D eigenvalue weighted by Crippen LogP contribution is 2.67. The number of aliphatic hydroxyl groups excluding tert-OH is 1. The molecule has 5 heteroatoms. The first-order valence-electron chi connectivity index (χ1n) is 10.8. The Labute approximate surface area is 181 Å². The number of hydrogen-bond acceptors (Lipinski definition) is 3. The van der Waals surface area contributed by atoms with Gasteiger partial charge in [0.1, 0.15) is 0 Å². The number of aryl methyl sites for hydroxylation is 3. The number of hydrogen-bond donors (Lipinski definition) is 1. The van der Waals surface area contributed by atoms with E-state index in [0.717, 1.165) is 29.5 Å². The second-order valence-corrected chi connectivity index (χ2v) is 11.9. The topological polar surface area (TPSA) is 57.6 Å². The van der Waals surface area contributed by atoms with Crippen molar-refractivity contribution in [2.24, 2.45) is 16.7 Å². The summed E-state index contributed by atoms with van der Waals surface area (Å²) in [4.78, 5) is 0.266. The quantitative estimate of drug-likeness (QED) is 0.748. The van der Waals surface area contributed by atoms with Crippen molar-refractivity contribution in [1.82, 2.24) is 0 Å². The van der Waals surface area contributed by atoms with E-state index in [1.54, 1.807) is 28.6 Å². The van der Waals surface area contributed by atoms with E-state index in [1.165, 1.54) is 0 Å². The second kappa shape index (κ2) is 6.83. The van der Waals surface area contributed by atoms with E-state index in [0.29, 0.717) is 5.69 Å². The van der Waals surface area contributed by atoms with Crippen LogP contribution in [0.2, 0.25) is 0 Å². The Kier molecular flexibility index (Phi) is 4.87. The van der Waals surface area contributed by atoms with Crippen LogP contribution in [0.15, 0.2) is 47.4 Å². The fourth-order valence-electron chi connectivity index (χ4n) is 6.23. The molecule has 0 unspecified atom stereocenters. The van der Waals surface area contributed by atoms with Gasteiger partial charge in [-0.1, -0.05) is 56.7 Å². The predicted molar refractivity (Wildman–Crippen MR) is 121 cm³/mol. The number of anilines is 1. The predicted octanol–water partition coefficient (Wildman–Crippen LogP) is 4.99. The zero-order valence-electron chi connectivity index (χ0n) is 18.8. The summed E-state index contributed by atoms with van der Waals surface area (Å²) in [5, 5.41) is 11.5. The Balaban J connectivity index is 1.98. The fourth-order valence-corrected chi connectivity index (χ4v) is 8.07. The van der Waals surface area contributed by atoms with E-state index in [4.69, 9.17) is 0 Å². The van der Waals surface area contributed by atoms with Crippen LogP contribution in [0.25, 0.3) is 0 Å². The minimum atomic E-state index is -3.85. The number of benzene rings is 2. The third-order valence-electron chi connectivity index (χ3n) is 8.19. The Morgan fingerprint density at radius 2 is 1.57 bits per heavy atom. The number of aliphatic hydroxyl groups is 1. The molecule has 2 saturated carbocycles. The first kappa shape index (κ1) is 21.4. The molecule has 1 N–H and O–H groups in total. The smallest absolute Gasteiger partial charge is 0.264 e. The Morgan fingerprint density at radius 1 is 1.00 bits per heavy atom. The van der Waals surface area contributed by atoms with Gasteiger partial charge in [0, 0.05) is 5.41 Å². The molecule has 2 fully saturated rings. The molecule has 0 saturated heterocycles. The normalized spacial score (nSPS) is 29.9. The Hall–Kier alpha value is -1.85. The highest BCUT2D eigenvalue weighted by Gasteiger charge is 2.68. The number of rotatable bonds is 4. The van der Waals surface area contributed by atoms with Crippen LogP contribution in [-0.2, 0) is 10.0 Å². The highest BCUT2D eigenvalue weighted by molar-refractivity contribution is 7.92. The molecule has 30 heavy (non-hydrogen) atoms. The van der Waals surface area contributed by atoms with Crippen molar-refractivity contribution >= 4 is 15.7 Å². The SMILES string of the molecule is Cc1cc(C)c(N([C@H]2[C@H]3CC[C@@](C)([C@H]2O)C3(C)C)S(=O)(=O)c2ccccc2)c(C)c1. The van der Waals surface area contributed by atoms with Crippen LogP contribution in [-0.4, -0.2) is 25.7 Å². The van der Waals surface area contributed by atoms with Crippen LogP contribution < -0.4 is 4.31 Å². The van der Waals surface area contributed by atoms with Gasteiger partial charge >= 0.3 is 0 Å². The molecule has 162 valence electrons. The van der Waals surface area contributed by atoms with Crippen LogP contribution >= 0.6 is 0 Å². The van der Waals surface area contributed by atoms with Crippen molar-refractivity contribution in [2.75, 3.05) is 4.31 Å². The molecule has 2 aliphatic carbocycles. The molecule has 2 aromatic carbocycles.